The molecule has 2 aromatic rings. The third kappa shape index (κ3) is 1.36. The summed E-state index contributed by atoms with van der Waals surface area (Å²) in [6.07, 6.45) is -0.777. The maximum atomic E-state index is 13.4. The number of benzene rings is 2. The molecule has 2 rings (SSSR count). The molecule has 0 heterocycles. The molecule has 72 valence electrons. The van der Waals surface area contributed by atoms with Crippen molar-refractivity contribution in [1.29, 1.82) is 0 Å². The lowest BCUT2D eigenvalue weighted by Gasteiger charge is -2.10. The quantitative estimate of drug-likeness (QED) is 0.675. The van der Waals surface area contributed by atoms with Crippen LogP contribution in [0.15, 0.2) is 36.4 Å². The van der Waals surface area contributed by atoms with E-state index < -0.39 is 6.17 Å². The van der Waals surface area contributed by atoms with Crippen LogP contribution >= 0.6 is 0 Å². The maximum Gasteiger partial charge on any atom is 0.129 e. The SMILES string of the molecule is NC(N)c1c(F)ccc2ccccc12. The van der Waals surface area contributed by atoms with E-state index in [1.165, 1.54) is 6.07 Å². The van der Waals surface area contributed by atoms with Gasteiger partial charge in [-0.2, -0.15) is 0 Å². The molecule has 0 amide bonds. The molecule has 0 atom stereocenters. The van der Waals surface area contributed by atoms with Crippen LogP contribution in [0.1, 0.15) is 11.7 Å². The summed E-state index contributed by atoms with van der Waals surface area (Å²) >= 11 is 0. The number of hydrogen-bond acceptors (Lipinski definition) is 2. The van der Waals surface area contributed by atoms with Gasteiger partial charge in [-0.05, 0) is 16.8 Å². The number of hydrogen-bond donors (Lipinski definition) is 2. The normalized spacial score (nSPS) is 11.1. The number of nitrogens with two attached hydrogens (primary N) is 2. The Labute approximate surface area is 81.3 Å². The highest BCUT2D eigenvalue weighted by Crippen LogP contribution is 2.23. The van der Waals surface area contributed by atoms with Gasteiger partial charge in [-0.15, -0.1) is 0 Å². The molecule has 0 saturated heterocycles. The van der Waals surface area contributed by atoms with Crippen LogP contribution in [0.2, 0.25) is 0 Å². The van der Waals surface area contributed by atoms with Crippen molar-refractivity contribution in [3.05, 3.63) is 47.8 Å². The van der Waals surface area contributed by atoms with Gasteiger partial charge in [-0.1, -0.05) is 30.3 Å². The van der Waals surface area contributed by atoms with Crippen LogP contribution in [0.5, 0.6) is 0 Å². The molecule has 0 aliphatic rings. The first kappa shape index (κ1) is 9.12. The lowest BCUT2D eigenvalue weighted by Crippen LogP contribution is -2.21. The van der Waals surface area contributed by atoms with E-state index in [-0.39, 0.29) is 5.82 Å². The monoisotopic (exact) mass is 190 g/mol. The van der Waals surface area contributed by atoms with Gasteiger partial charge in [0.15, 0.2) is 0 Å². The Morgan fingerprint density at radius 1 is 1.00 bits per heavy atom. The second-order valence-corrected chi connectivity index (χ2v) is 3.21. The van der Waals surface area contributed by atoms with Crippen molar-refractivity contribution < 1.29 is 4.39 Å². The van der Waals surface area contributed by atoms with Crippen molar-refractivity contribution in [2.45, 2.75) is 6.17 Å². The minimum Gasteiger partial charge on any atom is -0.312 e. The predicted molar refractivity (Wildman–Crippen MR) is 55.0 cm³/mol. The van der Waals surface area contributed by atoms with Crippen LogP contribution in [0.25, 0.3) is 10.8 Å². The van der Waals surface area contributed by atoms with Crippen LogP contribution in [0.3, 0.4) is 0 Å². The second-order valence-electron chi connectivity index (χ2n) is 3.21. The van der Waals surface area contributed by atoms with Gasteiger partial charge in [0.1, 0.15) is 5.82 Å². The van der Waals surface area contributed by atoms with Crippen LogP contribution in [0, 0.1) is 5.82 Å². The number of halogens is 1. The standard InChI is InChI=1S/C11H11FN2/c12-9-6-5-7-3-1-2-4-8(7)10(9)11(13)14/h1-6,11H,13-14H2. The molecule has 0 aliphatic heterocycles. The van der Waals surface area contributed by atoms with Crippen LogP contribution in [-0.2, 0) is 0 Å². The molecular formula is C11H11FN2. The van der Waals surface area contributed by atoms with Gasteiger partial charge >= 0.3 is 0 Å². The van der Waals surface area contributed by atoms with E-state index in [1.807, 2.05) is 24.3 Å². The highest BCUT2D eigenvalue weighted by Gasteiger charge is 2.10. The van der Waals surface area contributed by atoms with Gasteiger partial charge in [0.25, 0.3) is 0 Å². The molecule has 0 unspecified atom stereocenters. The van der Waals surface area contributed by atoms with Gasteiger partial charge < -0.3 is 11.5 Å². The van der Waals surface area contributed by atoms with Crippen molar-refractivity contribution in [1.82, 2.24) is 0 Å². The molecule has 3 heteroatoms. The van der Waals surface area contributed by atoms with Crippen LogP contribution in [0.4, 0.5) is 4.39 Å². The van der Waals surface area contributed by atoms with Gasteiger partial charge in [0, 0.05) is 5.56 Å². The smallest absolute Gasteiger partial charge is 0.129 e. The fraction of sp³-hybridized carbons (Fsp3) is 0.0909. The van der Waals surface area contributed by atoms with Crippen LogP contribution < -0.4 is 11.5 Å². The van der Waals surface area contributed by atoms with Gasteiger partial charge in [0.2, 0.25) is 0 Å². The van der Waals surface area contributed by atoms with E-state index in [9.17, 15) is 4.39 Å². The van der Waals surface area contributed by atoms with Crippen molar-refractivity contribution in [2.24, 2.45) is 11.5 Å². The molecule has 0 fully saturated rings. The van der Waals surface area contributed by atoms with E-state index in [1.54, 1.807) is 6.07 Å². The molecule has 2 aromatic carbocycles. The molecule has 4 N–H and O–H groups in total. The second kappa shape index (κ2) is 3.36. The van der Waals surface area contributed by atoms with E-state index >= 15 is 0 Å². The van der Waals surface area contributed by atoms with Crippen molar-refractivity contribution in [3.8, 4) is 0 Å². The minimum absolute atomic E-state index is 0.348. The zero-order chi connectivity index (χ0) is 10.1. The molecule has 0 aromatic heterocycles. The average Bonchev–Trinajstić information content (AvgIpc) is 2.17. The Morgan fingerprint density at radius 2 is 1.71 bits per heavy atom. The lowest BCUT2D eigenvalue weighted by molar-refractivity contribution is 0.592. The Hall–Kier alpha value is -1.45. The van der Waals surface area contributed by atoms with Crippen molar-refractivity contribution >= 4 is 10.8 Å². The van der Waals surface area contributed by atoms with Crippen LogP contribution in [-0.4, -0.2) is 0 Å². The topological polar surface area (TPSA) is 52.0 Å². The first-order valence-corrected chi connectivity index (χ1v) is 4.38. The molecule has 14 heavy (non-hydrogen) atoms. The fourth-order valence-corrected chi connectivity index (χ4v) is 1.61. The fourth-order valence-electron chi connectivity index (χ4n) is 1.61. The molecular weight excluding hydrogens is 179 g/mol. The van der Waals surface area contributed by atoms with Gasteiger partial charge in [-0.3, -0.25) is 0 Å². The summed E-state index contributed by atoms with van der Waals surface area (Å²) in [5.41, 5.74) is 11.4. The molecule has 2 nitrogen and oxygen atoms in total. The van der Waals surface area contributed by atoms with Gasteiger partial charge in [0.05, 0.1) is 6.17 Å². The summed E-state index contributed by atoms with van der Waals surface area (Å²) in [5, 5.41) is 1.73. The summed E-state index contributed by atoms with van der Waals surface area (Å²) in [6, 6.07) is 10.6. The van der Waals surface area contributed by atoms with E-state index in [4.69, 9.17) is 11.5 Å². The van der Waals surface area contributed by atoms with Crippen molar-refractivity contribution in [2.75, 3.05) is 0 Å². The van der Waals surface area contributed by atoms with E-state index in [0.29, 0.717) is 5.56 Å². The minimum atomic E-state index is -0.777. The molecule has 0 spiro atoms. The zero-order valence-electron chi connectivity index (χ0n) is 7.57. The Morgan fingerprint density at radius 3 is 2.43 bits per heavy atom. The summed E-state index contributed by atoms with van der Waals surface area (Å²) in [6.45, 7) is 0. The molecule has 0 radical (unpaired) electrons. The van der Waals surface area contributed by atoms with Gasteiger partial charge in [-0.25, -0.2) is 4.39 Å². The third-order valence-corrected chi connectivity index (χ3v) is 2.25. The van der Waals surface area contributed by atoms with Crippen molar-refractivity contribution in [3.63, 3.8) is 0 Å². The molecule has 0 aliphatic carbocycles. The predicted octanol–water partition coefficient (Wildman–Crippen LogP) is 1.89. The molecule has 0 saturated carbocycles. The Balaban J connectivity index is 2.83. The first-order valence-electron chi connectivity index (χ1n) is 4.38. The van der Waals surface area contributed by atoms with E-state index in [2.05, 4.69) is 0 Å². The summed E-state index contributed by atoms with van der Waals surface area (Å²) in [5.74, 6) is -0.348. The highest BCUT2D eigenvalue weighted by molar-refractivity contribution is 5.86. The largest absolute Gasteiger partial charge is 0.312 e. The summed E-state index contributed by atoms with van der Waals surface area (Å²) in [4.78, 5) is 0. The molecule has 0 bridgehead atoms. The first-order chi connectivity index (χ1) is 6.70. The summed E-state index contributed by atoms with van der Waals surface area (Å²) < 4.78 is 13.4. The Bertz CT molecular complexity index is 466. The zero-order valence-corrected chi connectivity index (χ0v) is 7.57. The number of fused-ring (bicyclic) bond motifs is 1. The highest BCUT2D eigenvalue weighted by atomic mass is 19.1. The third-order valence-electron chi connectivity index (χ3n) is 2.25. The lowest BCUT2D eigenvalue weighted by atomic mass is 10.0. The maximum absolute atomic E-state index is 13.4. The van der Waals surface area contributed by atoms with E-state index in [0.717, 1.165) is 10.8 Å². The summed E-state index contributed by atoms with van der Waals surface area (Å²) in [7, 11) is 0. The Kier molecular flexibility index (Phi) is 2.19. The number of rotatable bonds is 1. The average molecular weight is 190 g/mol.